The molecular formula is C17H22ClNO5S2. The first-order chi connectivity index (χ1) is 12.4. The first kappa shape index (κ1) is 19.6. The predicted molar refractivity (Wildman–Crippen MR) is 103 cm³/mol. The van der Waals surface area contributed by atoms with Crippen LogP contribution in [0.25, 0.3) is 0 Å². The Balaban J connectivity index is 1.55. The summed E-state index contributed by atoms with van der Waals surface area (Å²) in [5, 5.41) is 0.510. The summed E-state index contributed by atoms with van der Waals surface area (Å²) < 4.78 is 34.4. The van der Waals surface area contributed by atoms with E-state index in [9.17, 15) is 13.2 Å². The number of ether oxygens (including phenoxy) is 2. The van der Waals surface area contributed by atoms with Crippen LogP contribution >= 0.6 is 23.4 Å². The van der Waals surface area contributed by atoms with Gasteiger partial charge < -0.3 is 14.4 Å². The second-order valence-corrected chi connectivity index (χ2v) is 9.95. The van der Waals surface area contributed by atoms with E-state index in [1.165, 1.54) is 11.8 Å². The second kappa shape index (κ2) is 8.27. The minimum atomic E-state index is -3.00. The van der Waals surface area contributed by atoms with Crippen molar-refractivity contribution < 1.29 is 22.7 Å². The molecule has 2 aliphatic rings. The number of amides is 1. The lowest BCUT2D eigenvalue weighted by atomic mass is 10.2. The summed E-state index contributed by atoms with van der Waals surface area (Å²) >= 11 is 7.71. The summed E-state index contributed by atoms with van der Waals surface area (Å²) in [5.74, 6) is 2.35. The van der Waals surface area contributed by atoms with Crippen LogP contribution in [0, 0.1) is 0 Å². The van der Waals surface area contributed by atoms with E-state index in [4.69, 9.17) is 21.1 Å². The number of sulfone groups is 1. The number of carbonyl (C=O) groups is 1. The summed E-state index contributed by atoms with van der Waals surface area (Å²) in [7, 11) is -3.00. The fourth-order valence-corrected chi connectivity index (χ4v) is 6.11. The maximum Gasteiger partial charge on any atom is 0.232 e. The van der Waals surface area contributed by atoms with E-state index in [0.29, 0.717) is 54.2 Å². The van der Waals surface area contributed by atoms with E-state index in [-0.39, 0.29) is 23.5 Å². The molecule has 0 aromatic heterocycles. The molecule has 6 nitrogen and oxygen atoms in total. The van der Waals surface area contributed by atoms with Crippen molar-refractivity contribution in [2.45, 2.75) is 25.1 Å². The third-order valence-electron chi connectivity index (χ3n) is 4.46. The van der Waals surface area contributed by atoms with Gasteiger partial charge in [-0.25, -0.2) is 8.42 Å². The van der Waals surface area contributed by atoms with Gasteiger partial charge in [0.1, 0.15) is 13.2 Å². The highest BCUT2D eigenvalue weighted by Gasteiger charge is 2.33. The first-order valence-corrected chi connectivity index (χ1v) is 11.9. The molecule has 0 N–H and O–H groups in total. The van der Waals surface area contributed by atoms with Gasteiger partial charge in [-0.1, -0.05) is 11.6 Å². The number of carbonyl (C=O) groups excluding carboxylic acids is 1. The lowest BCUT2D eigenvalue weighted by Gasteiger charge is -2.26. The van der Waals surface area contributed by atoms with Crippen molar-refractivity contribution in [3.63, 3.8) is 0 Å². The molecule has 0 spiro atoms. The predicted octanol–water partition coefficient (Wildman–Crippen LogP) is 2.38. The van der Waals surface area contributed by atoms with Crippen LogP contribution in [0.4, 0.5) is 0 Å². The van der Waals surface area contributed by atoms with Crippen LogP contribution in [-0.4, -0.2) is 62.3 Å². The molecule has 1 aromatic rings. The molecule has 0 saturated carbocycles. The van der Waals surface area contributed by atoms with Crippen LogP contribution in [-0.2, 0) is 20.4 Å². The van der Waals surface area contributed by atoms with Crippen molar-refractivity contribution in [2.24, 2.45) is 0 Å². The van der Waals surface area contributed by atoms with Gasteiger partial charge in [0.25, 0.3) is 0 Å². The standard InChI is InChI=1S/C17H22ClNO5S2/c1-2-19(13-3-6-26(21,22)11-13)16(20)10-25-9-12-7-14(18)17-15(8-12)23-4-5-24-17/h7-8,13H,2-6,9-11H2,1H3/t13-/m1/s1. The Morgan fingerprint density at radius 2 is 2.12 bits per heavy atom. The molecule has 0 unspecified atom stereocenters. The maximum atomic E-state index is 12.5. The van der Waals surface area contributed by atoms with Gasteiger partial charge in [0, 0.05) is 18.3 Å². The Morgan fingerprint density at radius 1 is 1.35 bits per heavy atom. The van der Waals surface area contributed by atoms with E-state index in [1.54, 1.807) is 4.90 Å². The lowest BCUT2D eigenvalue weighted by Crippen LogP contribution is -2.41. The summed E-state index contributed by atoms with van der Waals surface area (Å²) in [6.45, 7) is 3.39. The number of thioether (sulfide) groups is 1. The summed E-state index contributed by atoms with van der Waals surface area (Å²) in [5.41, 5.74) is 0.962. The second-order valence-electron chi connectivity index (χ2n) is 6.33. The Morgan fingerprint density at radius 3 is 2.81 bits per heavy atom. The third-order valence-corrected chi connectivity index (χ3v) is 7.48. The van der Waals surface area contributed by atoms with Gasteiger partial charge in [-0.05, 0) is 31.0 Å². The van der Waals surface area contributed by atoms with Crippen molar-refractivity contribution in [1.29, 1.82) is 0 Å². The van der Waals surface area contributed by atoms with Gasteiger partial charge in [0.15, 0.2) is 21.3 Å². The number of fused-ring (bicyclic) bond motifs is 1. The van der Waals surface area contributed by atoms with Crippen molar-refractivity contribution in [3.8, 4) is 11.5 Å². The number of rotatable bonds is 6. The SMILES string of the molecule is CCN(C(=O)CSCc1cc(Cl)c2c(c1)OCCO2)[C@@H]1CCS(=O)(=O)C1. The van der Waals surface area contributed by atoms with Gasteiger partial charge in [-0.15, -0.1) is 11.8 Å². The summed E-state index contributed by atoms with van der Waals surface area (Å²) in [4.78, 5) is 14.2. The molecule has 1 amide bonds. The molecular weight excluding hydrogens is 398 g/mol. The van der Waals surface area contributed by atoms with Crippen LogP contribution in [0.15, 0.2) is 12.1 Å². The average molecular weight is 420 g/mol. The van der Waals surface area contributed by atoms with Crippen LogP contribution in [0.2, 0.25) is 5.02 Å². The quantitative estimate of drug-likeness (QED) is 0.704. The molecule has 0 aliphatic carbocycles. The fourth-order valence-electron chi connectivity index (χ4n) is 3.25. The van der Waals surface area contributed by atoms with Gasteiger partial charge in [-0.3, -0.25) is 4.79 Å². The number of nitrogens with zero attached hydrogens (tertiary/aromatic N) is 1. The zero-order valence-corrected chi connectivity index (χ0v) is 17.0. The number of halogens is 1. The van der Waals surface area contributed by atoms with Crippen LogP contribution in [0.5, 0.6) is 11.5 Å². The molecule has 2 heterocycles. The molecule has 1 aromatic carbocycles. The number of hydrogen-bond acceptors (Lipinski definition) is 6. The molecule has 1 saturated heterocycles. The monoisotopic (exact) mass is 419 g/mol. The maximum absolute atomic E-state index is 12.5. The van der Waals surface area contributed by atoms with Crippen LogP contribution in [0.1, 0.15) is 18.9 Å². The molecule has 2 aliphatic heterocycles. The number of hydrogen-bond donors (Lipinski definition) is 0. The summed E-state index contributed by atoms with van der Waals surface area (Å²) in [6.07, 6.45) is 0.532. The van der Waals surface area contributed by atoms with Crippen molar-refractivity contribution in [1.82, 2.24) is 4.90 Å². The molecule has 1 fully saturated rings. The smallest absolute Gasteiger partial charge is 0.232 e. The molecule has 3 rings (SSSR count). The van der Waals surface area contributed by atoms with Gasteiger partial charge in [0.2, 0.25) is 5.91 Å². The van der Waals surface area contributed by atoms with Crippen LogP contribution in [0.3, 0.4) is 0 Å². The normalized spacial score (nSPS) is 20.8. The topological polar surface area (TPSA) is 72.9 Å². The Hall–Kier alpha value is -1.12. The third kappa shape index (κ3) is 4.58. The Bertz CT molecular complexity index is 784. The van der Waals surface area contributed by atoms with Gasteiger partial charge >= 0.3 is 0 Å². The van der Waals surface area contributed by atoms with Crippen molar-refractivity contribution in [2.75, 3.05) is 37.0 Å². The first-order valence-electron chi connectivity index (χ1n) is 8.55. The minimum Gasteiger partial charge on any atom is -0.486 e. The van der Waals surface area contributed by atoms with E-state index in [1.807, 2.05) is 19.1 Å². The lowest BCUT2D eigenvalue weighted by molar-refractivity contribution is -0.129. The van der Waals surface area contributed by atoms with E-state index in [2.05, 4.69) is 0 Å². The molecule has 9 heteroatoms. The van der Waals surface area contributed by atoms with Crippen LogP contribution < -0.4 is 9.47 Å². The fraction of sp³-hybridized carbons (Fsp3) is 0.588. The minimum absolute atomic E-state index is 0.0248. The number of benzene rings is 1. The Kier molecular flexibility index (Phi) is 6.25. The van der Waals surface area contributed by atoms with E-state index < -0.39 is 9.84 Å². The molecule has 0 bridgehead atoms. The molecule has 0 radical (unpaired) electrons. The molecule has 144 valence electrons. The average Bonchev–Trinajstić information content (AvgIpc) is 2.95. The highest BCUT2D eigenvalue weighted by atomic mass is 35.5. The van der Waals surface area contributed by atoms with Crippen molar-refractivity contribution >= 4 is 39.1 Å². The van der Waals surface area contributed by atoms with Gasteiger partial charge in [0.05, 0.1) is 22.3 Å². The highest BCUT2D eigenvalue weighted by molar-refractivity contribution is 7.99. The zero-order chi connectivity index (χ0) is 18.7. The molecule has 26 heavy (non-hydrogen) atoms. The van der Waals surface area contributed by atoms with Gasteiger partial charge in [-0.2, -0.15) is 0 Å². The highest BCUT2D eigenvalue weighted by Crippen LogP contribution is 2.39. The van der Waals surface area contributed by atoms with E-state index >= 15 is 0 Å². The zero-order valence-electron chi connectivity index (χ0n) is 14.6. The van der Waals surface area contributed by atoms with Crippen molar-refractivity contribution in [3.05, 3.63) is 22.7 Å². The van der Waals surface area contributed by atoms with E-state index in [0.717, 1.165) is 5.56 Å². The molecule has 1 atom stereocenters. The Labute approximate surface area is 163 Å². The largest absolute Gasteiger partial charge is 0.486 e. The summed E-state index contributed by atoms with van der Waals surface area (Å²) in [6, 6.07) is 3.52.